The highest BCUT2D eigenvalue weighted by molar-refractivity contribution is 7.89. The lowest BCUT2D eigenvalue weighted by molar-refractivity contribution is 0.412. The van der Waals surface area contributed by atoms with E-state index in [-0.39, 0.29) is 10.9 Å². The molecule has 0 unspecified atom stereocenters. The Morgan fingerprint density at radius 2 is 1.84 bits per heavy atom. The quantitative estimate of drug-likeness (QED) is 0.228. The van der Waals surface area contributed by atoms with Crippen molar-refractivity contribution in [2.24, 2.45) is 0 Å². The van der Waals surface area contributed by atoms with Crippen LogP contribution in [0.5, 0.6) is 0 Å². The second-order valence-electron chi connectivity index (χ2n) is 9.37. The molecule has 7 nitrogen and oxygen atoms in total. The number of nitrogens with zero attached hydrogens (tertiary/aromatic N) is 2. The number of fused-ring (bicyclic) bond motifs is 2. The van der Waals surface area contributed by atoms with E-state index in [1.165, 1.54) is 17.8 Å². The Balaban J connectivity index is 1.30. The summed E-state index contributed by atoms with van der Waals surface area (Å²) in [6, 6.07) is 19.3. The minimum Gasteiger partial charge on any atom is -0.361 e. The summed E-state index contributed by atoms with van der Waals surface area (Å²) in [5.74, 6) is 0. The van der Waals surface area contributed by atoms with Gasteiger partial charge < -0.3 is 10.3 Å². The summed E-state index contributed by atoms with van der Waals surface area (Å²) in [6.07, 6.45) is 8.58. The lowest BCUT2D eigenvalue weighted by Gasteiger charge is -2.22. The number of nitrogens with one attached hydrogen (secondary N) is 3. The number of anilines is 2. The van der Waals surface area contributed by atoms with E-state index in [2.05, 4.69) is 26.1 Å². The third kappa shape index (κ3) is 4.71. The highest BCUT2D eigenvalue weighted by atomic mass is 32.2. The standard InChI is InChI=1S/C28H25N5O2S2/c29-16-20-17-31-28-24(27(20)32-22-8-11-25-19(14-22)12-13-30-25)15-26(36-28)18-6-9-23(10-7-18)37(34,35)33-21-4-2-1-3-5-21/h6-15,17,21,30,33H,1-5H2,(H,31,32). The largest absolute Gasteiger partial charge is 0.361 e. The van der Waals surface area contributed by atoms with Crippen LogP contribution in [0.25, 0.3) is 31.6 Å². The predicted molar refractivity (Wildman–Crippen MR) is 149 cm³/mol. The molecule has 1 aliphatic carbocycles. The van der Waals surface area contributed by atoms with Gasteiger partial charge in [0.2, 0.25) is 10.0 Å². The second kappa shape index (κ2) is 9.63. The first-order valence-electron chi connectivity index (χ1n) is 12.3. The van der Waals surface area contributed by atoms with E-state index < -0.39 is 10.0 Å². The SMILES string of the molecule is N#Cc1cnc2sc(-c3ccc(S(=O)(=O)NC4CCCCC4)cc3)cc2c1Nc1ccc2[nH]ccc2c1. The molecule has 1 aliphatic rings. The molecule has 6 rings (SSSR count). The van der Waals surface area contributed by atoms with Crippen molar-refractivity contribution in [3.8, 4) is 16.5 Å². The van der Waals surface area contributed by atoms with Crippen LogP contribution in [0.15, 0.2) is 71.9 Å². The van der Waals surface area contributed by atoms with E-state index in [1.807, 2.05) is 48.7 Å². The van der Waals surface area contributed by atoms with Gasteiger partial charge in [0.05, 0.1) is 16.1 Å². The molecule has 1 saturated carbocycles. The number of hydrogen-bond donors (Lipinski definition) is 3. The average molecular weight is 528 g/mol. The Kier molecular flexibility index (Phi) is 6.16. The fourth-order valence-electron chi connectivity index (χ4n) is 4.93. The minimum absolute atomic E-state index is 0.0188. The highest BCUT2D eigenvalue weighted by Gasteiger charge is 2.22. The summed E-state index contributed by atoms with van der Waals surface area (Å²) in [6.45, 7) is 0. The van der Waals surface area contributed by atoms with Crippen LogP contribution in [0.2, 0.25) is 0 Å². The van der Waals surface area contributed by atoms with E-state index >= 15 is 0 Å². The van der Waals surface area contributed by atoms with Gasteiger partial charge in [-0.05, 0) is 60.9 Å². The molecule has 9 heteroatoms. The van der Waals surface area contributed by atoms with E-state index in [4.69, 9.17) is 0 Å². The molecule has 0 aliphatic heterocycles. The number of rotatable bonds is 6. The predicted octanol–water partition coefficient (Wildman–Crippen LogP) is 6.67. The lowest BCUT2D eigenvalue weighted by Crippen LogP contribution is -2.36. The van der Waals surface area contributed by atoms with Gasteiger partial charge in [-0.3, -0.25) is 0 Å². The van der Waals surface area contributed by atoms with Crippen LogP contribution in [-0.2, 0) is 10.0 Å². The molecule has 2 aromatic carbocycles. The van der Waals surface area contributed by atoms with Crippen LogP contribution in [0.1, 0.15) is 37.7 Å². The maximum atomic E-state index is 12.9. The molecule has 5 aromatic rings. The zero-order chi connectivity index (χ0) is 25.4. The molecular formula is C28H25N5O2S2. The van der Waals surface area contributed by atoms with Gasteiger partial charge in [0.25, 0.3) is 0 Å². The minimum atomic E-state index is -3.55. The van der Waals surface area contributed by atoms with Crippen LogP contribution in [0.4, 0.5) is 11.4 Å². The average Bonchev–Trinajstić information content (AvgIpc) is 3.56. The van der Waals surface area contributed by atoms with Crippen molar-refractivity contribution in [3.63, 3.8) is 0 Å². The van der Waals surface area contributed by atoms with E-state index in [9.17, 15) is 13.7 Å². The number of benzene rings is 2. The van der Waals surface area contributed by atoms with Crippen LogP contribution < -0.4 is 10.0 Å². The van der Waals surface area contributed by atoms with E-state index in [1.54, 1.807) is 18.3 Å². The summed E-state index contributed by atoms with van der Waals surface area (Å²) in [7, 11) is -3.55. The van der Waals surface area contributed by atoms with Crippen molar-refractivity contribution in [2.75, 3.05) is 5.32 Å². The molecular weight excluding hydrogens is 502 g/mol. The molecule has 1 fully saturated rings. The molecule has 3 N–H and O–H groups in total. The molecule has 0 spiro atoms. The maximum absolute atomic E-state index is 12.9. The molecule has 0 bridgehead atoms. The molecule has 37 heavy (non-hydrogen) atoms. The number of hydrogen-bond acceptors (Lipinski definition) is 6. The topological polar surface area (TPSA) is 111 Å². The molecule has 3 aromatic heterocycles. The number of thiophene rings is 1. The summed E-state index contributed by atoms with van der Waals surface area (Å²) in [5.41, 5.74) is 3.99. The molecule has 0 saturated heterocycles. The first-order chi connectivity index (χ1) is 18.0. The van der Waals surface area contributed by atoms with Crippen molar-refractivity contribution >= 4 is 53.9 Å². The van der Waals surface area contributed by atoms with Gasteiger partial charge in [0.15, 0.2) is 0 Å². The Morgan fingerprint density at radius 1 is 1.03 bits per heavy atom. The van der Waals surface area contributed by atoms with Gasteiger partial charge >= 0.3 is 0 Å². The van der Waals surface area contributed by atoms with Gasteiger partial charge in [-0.15, -0.1) is 11.3 Å². The molecule has 0 radical (unpaired) electrons. The van der Waals surface area contributed by atoms with Crippen molar-refractivity contribution in [2.45, 2.75) is 43.0 Å². The lowest BCUT2D eigenvalue weighted by atomic mass is 9.96. The van der Waals surface area contributed by atoms with Crippen LogP contribution in [0, 0.1) is 11.3 Å². The Morgan fingerprint density at radius 3 is 2.62 bits per heavy atom. The van der Waals surface area contributed by atoms with E-state index in [0.29, 0.717) is 11.3 Å². The number of aromatic nitrogens is 2. The maximum Gasteiger partial charge on any atom is 0.240 e. The first kappa shape index (κ1) is 23.7. The number of H-pyrrole nitrogens is 1. The molecule has 0 atom stereocenters. The first-order valence-corrected chi connectivity index (χ1v) is 14.6. The smallest absolute Gasteiger partial charge is 0.240 e. The number of nitriles is 1. The van der Waals surface area contributed by atoms with Gasteiger partial charge in [0, 0.05) is 45.3 Å². The number of sulfonamides is 1. The third-order valence-electron chi connectivity index (χ3n) is 6.88. The third-order valence-corrected chi connectivity index (χ3v) is 9.51. The fourth-order valence-corrected chi connectivity index (χ4v) is 7.25. The van der Waals surface area contributed by atoms with Crippen molar-refractivity contribution in [3.05, 3.63) is 72.6 Å². The summed E-state index contributed by atoms with van der Waals surface area (Å²) < 4.78 is 28.6. The zero-order valence-corrected chi connectivity index (χ0v) is 21.6. The fraction of sp³-hybridized carbons (Fsp3) is 0.214. The summed E-state index contributed by atoms with van der Waals surface area (Å²) >= 11 is 1.51. The van der Waals surface area contributed by atoms with Crippen LogP contribution in [0.3, 0.4) is 0 Å². The summed E-state index contributed by atoms with van der Waals surface area (Å²) in [4.78, 5) is 9.72. The Bertz CT molecular complexity index is 1740. The monoisotopic (exact) mass is 527 g/mol. The molecule has 3 heterocycles. The van der Waals surface area contributed by atoms with Crippen molar-refractivity contribution in [1.82, 2.24) is 14.7 Å². The van der Waals surface area contributed by atoms with Gasteiger partial charge in [-0.2, -0.15) is 5.26 Å². The normalized spacial score (nSPS) is 14.7. The Labute approximate surface area is 219 Å². The van der Waals surface area contributed by atoms with Gasteiger partial charge in [-0.25, -0.2) is 18.1 Å². The van der Waals surface area contributed by atoms with Crippen LogP contribution in [-0.4, -0.2) is 24.4 Å². The zero-order valence-electron chi connectivity index (χ0n) is 20.0. The Hall–Kier alpha value is -3.71. The highest BCUT2D eigenvalue weighted by Crippen LogP contribution is 2.39. The van der Waals surface area contributed by atoms with Gasteiger partial charge in [0.1, 0.15) is 10.9 Å². The second-order valence-corrected chi connectivity index (χ2v) is 12.1. The molecule has 0 amide bonds. The van der Waals surface area contributed by atoms with Crippen LogP contribution >= 0.6 is 11.3 Å². The summed E-state index contributed by atoms with van der Waals surface area (Å²) in [5, 5.41) is 15.1. The number of aromatic amines is 1. The number of pyridine rings is 1. The van der Waals surface area contributed by atoms with Crippen molar-refractivity contribution < 1.29 is 8.42 Å². The van der Waals surface area contributed by atoms with Gasteiger partial charge in [-0.1, -0.05) is 31.4 Å². The van der Waals surface area contributed by atoms with Crippen molar-refractivity contribution in [1.29, 1.82) is 5.26 Å². The molecule has 186 valence electrons. The van der Waals surface area contributed by atoms with E-state index in [0.717, 1.165) is 62.9 Å².